The zero-order chi connectivity index (χ0) is 20.5. The molecule has 0 bridgehead atoms. The van der Waals surface area contributed by atoms with Crippen LogP contribution < -0.4 is 4.90 Å². The Kier molecular flexibility index (Phi) is 5.16. The molecule has 1 fully saturated rings. The quantitative estimate of drug-likeness (QED) is 0.305. The van der Waals surface area contributed by atoms with Gasteiger partial charge < -0.3 is 4.90 Å². The number of benzene rings is 2. The molecule has 9 heteroatoms. The van der Waals surface area contributed by atoms with Gasteiger partial charge in [-0.2, -0.15) is 0 Å². The molecular formula is C20H16N4O3S2. The van der Waals surface area contributed by atoms with Gasteiger partial charge in [-0.3, -0.25) is 19.8 Å². The van der Waals surface area contributed by atoms with Gasteiger partial charge in [-0.15, -0.1) is 6.58 Å². The molecule has 0 N–H and O–H groups in total. The van der Waals surface area contributed by atoms with Crippen LogP contribution in [0, 0.1) is 10.1 Å². The van der Waals surface area contributed by atoms with Crippen molar-refractivity contribution in [1.82, 2.24) is 4.90 Å². The highest BCUT2D eigenvalue weighted by Crippen LogP contribution is 2.49. The molecule has 1 saturated heterocycles. The lowest BCUT2D eigenvalue weighted by Crippen LogP contribution is -2.29. The van der Waals surface area contributed by atoms with Crippen LogP contribution in [0.5, 0.6) is 0 Å². The number of anilines is 1. The standard InChI is InChI=1S/C20H16N4O3S2/c1-3-12-23-18(25)17(19-22(2)15-6-4-5-7-16(15)28-19)29-20(23)21-13-8-10-14(11-9-13)24(26)27/h3-11H,1,12H2,2H3/b19-17-,21-20?. The molecule has 2 aliphatic rings. The fourth-order valence-corrected chi connectivity index (χ4v) is 5.32. The van der Waals surface area contributed by atoms with Gasteiger partial charge in [0.05, 0.1) is 21.3 Å². The van der Waals surface area contributed by atoms with Crippen LogP contribution in [0.3, 0.4) is 0 Å². The van der Waals surface area contributed by atoms with Crippen molar-refractivity contribution in [3.05, 3.63) is 81.2 Å². The first kappa shape index (κ1) is 19.3. The third-order valence-electron chi connectivity index (χ3n) is 4.39. The molecule has 2 aromatic rings. The summed E-state index contributed by atoms with van der Waals surface area (Å²) in [5.41, 5.74) is 1.60. The molecule has 0 saturated carbocycles. The van der Waals surface area contributed by atoms with E-state index < -0.39 is 4.92 Å². The second kappa shape index (κ2) is 7.76. The minimum absolute atomic E-state index is 0.00315. The molecule has 0 aromatic heterocycles. The van der Waals surface area contributed by atoms with Crippen molar-refractivity contribution in [3.8, 4) is 0 Å². The molecule has 2 aromatic carbocycles. The lowest BCUT2D eigenvalue weighted by Gasteiger charge is -2.15. The van der Waals surface area contributed by atoms with Gasteiger partial charge in [0, 0.05) is 30.6 Å². The number of nitro benzene ring substituents is 1. The number of fused-ring (bicyclic) bond motifs is 1. The normalized spacial score (nSPS) is 19.8. The predicted octanol–water partition coefficient (Wildman–Crippen LogP) is 4.75. The number of hydrogen-bond acceptors (Lipinski definition) is 7. The molecule has 0 radical (unpaired) electrons. The van der Waals surface area contributed by atoms with Crippen molar-refractivity contribution >= 4 is 51.7 Å². The first-order valence-corrected chi connectivity index (χ1v) is 10.3. The summed E-state index contributed by atoms with van der Waals surface area (Å²) in [5, 5.41) is 12.2. The molecule has 4 rings (SSSR count). The van der Waals surface area contributed by atoms with E-state index in [2.05, 4.69) is 11.6 Å². The first-order valence-electron chi connectivity index (χ1n) is 8.68. The molecule has 2 heterocycles. The monoisotopic (exact) mass is 424 g/mol. The highest BCUT2D eigenvalue weighted by molar-refractivity contribution is 8.19. The Morgan fingerprint density at radius 2 is 1.90 bits per heavy atom. The fourth-order valence-electron chi connectivity index (χ4n) is 2.97. The Balaban J connectivity index is 1.70. The number of nitro groups is 1. The van der Waals surface area contributed by atoms with Crippen molar-refractivity contribution in [3.63, 3.8) is 0 Å². The maximum absolute atomic E-state index is 13.1. The zero-order valence-corrected chi connectivity index (χ0v) is 17.1. The number of amidine groups is 1. The summed E-state index contributed by atoms with van der Waals surface area (Å²) in [6, 6.07) is 13.9. The van der Waals surface area contributed by atoms with E-state index in [-0.39, 0.29) is 11.6 Å². The van der Waals surface area contributed by atoms with Crippen molar-refractivity contribution in [2.24, 2.45) is 4.99 Å². The highest BCUT2D eigenvalue weighted by atomic mass is 32.2. The van der Waals surface area contributed by atoms with Crippen molar-refractivity contribution in [2.75, 3.05) is 18.5 Å². The molecule has 0 unspecified atom stereocenters. The predicted molar refractivity (Wildman–Crippen MR) is 117 cm³/mol. The Morgan fingerprint density at radius 3 is 2.55 bits per heavy atom. The second-order valence-corrected chi connectivity index (χ2v) is 8.25. The summed E-state index contributed by atoms with van der Waals surface area (Å²) in [7, 11) is 1.94. The van der Waals surface area contributed by atoms with Gasteiger partial charge in [-0.1, -0.05) is 30.0 Å². The first-order chi connectivity index (χ1) is 14.0. The lowest BCUT2D eigenvalue weighted by atomic mass is 10.3. The average Bonchev–Trinajstić information content (AvgIpc) is 3.20. The van der Waals surface area contributed by atoms with Crippen LogP contribution in [-0.2, 0) is 4.79 Å². The summed E-state index contributed by atoms with van der Waals surface area (Å²) in [5.74, 6) is -0.127. The molecule has 0 aliphatic carbocycles. The molecule has 146 valence electrons. The highest BCUT2D eigenvalue weighted by Gasteiger charge is 2.38. The van der Waals surface area contributed by atoms with Gasteiger partial charge in [0.1, 0.15) is 4.91 Å². The molecule has 29 heavy (non-hydrogen) atoms. The number of carbonyl (C=O) groups is 1. The third-order valence-corrected chi connectivity index (χ3v) is 6.82. The fraction of sp³-hybridized carbons (Fsp3) is 0.100. The van der Waals surface area contributed by atoms with Crippen molar-refractivity contribution in [2.45, 2.75) is 4.90 Å². The maximum atomic E-state index is 13.1. The summed E-state index contributed by atoms with van der Waals surface area (Å²) in [6.45, 7) is 4.07. The summed E-state index contributed by atoms with van der Waals surface area (Å²) in [6.07, 6.45) is 1.65. The zero-order valence-electron chi connectivity index (χ0n) is 15.4. The molecule has 2 aliphatic heterocycles. The smallest absolute Gasteiger partial charge is 0.269 e. The number of carbonyl (C=O) groups excluding carboxylic acids is 1. The Morgan fingerprint density at radius 1 is 1.17 bits per heavy atom. The van der Waals surface area contributed by atoms with Gasteiger partial charge in [0.25, 0.3) is 11.6 Å². The number of rotatable bonds is 4. The van der Waals surface area contributed by atoms with E-state index in [1.807, 2.05) is 36.2 Å². The Labute approximate surface area is 175 Å². The number of nitrogens with zero attached hydrogens (tertiary/aromatic N) is 4. The van der Waals surface area contributed by atoms with Gasteiger partial charge in [0.2, 0.25) is 0 Å². The number of hydrogen-bond donors (Lipinski definition) is 0. The molecule has 0 spiro atoms. The van der Waals surface area contributed by atoms with E-state index in [4.69, 9.17) is 0 Å². The van der Waals surface area contributed by atoms with Crippen LogP contribution in [0.15, 0.2) is 81.0 Å². The van der Waals surface area contributed by atoms with Crippen LogP contribution in [0.4, 0.5) is 17.1 Å². The summed E-state index contributed by atoms with van der Waals surface area (Å²) in [4.78, 5) is 33.3. The van der Waals surface area contributed by atoms with E-state index in [1.54, 1.807) is 34.9 Å². The number of aliphatic imine (C=N–C) groups is 1. The number of amides is 1. The maximum Gasteiger partial charge on any atom is 0.269 e. The molecular weight excluding hydrogens is 408 g/mol. The van der Waals surface area contributed by atoms with Gasteiger partial charge >= 0.3 is 0 Å². The van der Waals surface area contributed by atoms with E-state index >= 15 is 0 Å². The molecule has 0 atom stereocenters. The minimum atomic E-state index is -0.456. The lowest BCUT2D eigenvalue weighted by molar-refractivity contribution is -0.384. The Bertz CT molecular complexity index is 1080. The molecule has 7 nitrogen and oxygen atoms in total. The van der Waals surface area contributed by atoms with Crippen LogP contribution >= 0.6 is 23.5 Å². The largest absolute Gasteiger partial charge is 0.337 e. The third kappa shape index (κ3) is 3.54. The van der Waals surface area contributed by atoms with Crippen LogP contribution in [0.25, 0.3) is 0 Å². The van der Waals surface area contributed by atoms with Crippen LogP contribution in [0.2, 0.25) is 0 Å². The van der Waals surface area contributed by atoms with E-state index in [9.17, 15) is 14.9 Å². The number of para-hydroxylation sites is 1. The van der Waals surface area contributed by atoms with Crippen LogP contribution in [0.1, 0.15) is 0 Å². The second-order valence-electron chi connectivity index (χ2n) is 6.24. The van der Waals surface area contributed by atoms with Crippen LogP contribution in [-0.4, -0.2) is 34.5 Å². The number of non-ortho nitro benzene ring substituents is 1. The average molecular weight is 425 g/mol. The van der Waals surface area contributed by atoms with Gasteiger partial charge in [-0.05, 0) is 36.0 Å². The topological polar surface area (TPSA) is 79.0 Å². The number of thioether (sulfide) groups is 2. The van der Waals surface area contributed by atoms with E-state index in [0.717, 1.165) is 15.6 Å². The summed E-state index contributed by atoms with van der Waals surface area (Å²) < 4.78 is 0. The SMILES string of the molecule is C=CCN1C(=O)/C(=C2/Sc3ccccc3N2C)SC1=Nc1ccc([N+](=O)[O-])cc1. The van der Waals surface area contributed by atoms with E-state index in [1.165, 1.54) is 23.9 Å². The van der Waals surface area contributed by atoms with Gasteiger partial charge in [-0.25, -0.2) is 4.99 Å². The van der Waals surface area contributed by atoms with E-state index in [0.29, 0.717) is 22.3 Å². The summed E-state index contributed by atoms with van der Waals surface area (Å²) >= 11 is 2.87. The van der Waals surface area contributed by atoms with Gasteiger partial charge in [0.15, 0.2) is 5.17 Å². The molecule has 1 amide bonds. The van der Waals surface area contributed by atoms with Crippen molar-refractivity contribution in [1.29, 1.82) is 0 Å². The minimum Gasteiger partial charge on any atom is -0.337 e. The Hall–Kier alpha value is -3.04. The van der Waals surface area contributed by atoms with Crippen molar-refractivity contribution < 1.29 is 9.72 Å².